The number of nitrogens with two attached hydrogens (primary N) is 1. The highest BCUT2D eigenvalue weighted by molar-refractivity contribution is 5.17. The Morgan fingerprint density at radius 2 is 2.00 bits per heavy atom. The van der Waals surface area contributed by atoms with E-state index in [1.165, 1.54) is 0 Å². The molecule has 0 aliphatic carbocycles. The maximum atomic E-state index is 5.49. The summed E-state index contributed by atoms with van der Waals surface area (Å²) in [6.07, 6.45) is 0.860. The summed E-state index contributed by atoms with van der Waals surface area (Å²) in [5, 5.41) is 0. The molecule has 13 heavy (non-hydrogen) atoms. The fourth-order valence-corrected chi connectivity index (χ4v) is 1.23. The van der Waals surface area contributed by atoms with Crippen molar-refractivity contribution in [2.75, 3.05) is 6.54 Å². The second-order valence-corrected chi connectivity index (χ2v) is 4.45. The van der Waals surface area contributed by atoms with E-state index in [1.54, 1.807) is 0 Å². The molecule has 3 heteroatoms. The van der Waals surface area contributed by atoms with Gasteiger partial charge in [0.15, 0.2) is 0 Å². The van der Waals surface area contributed by atoms with Gasteiger partial charge in [-0.15, -0.1) is 0 Å². The average Bonchev–Trinajstić information content (AvgIpc) is 2.32. The number of H-pyrrole nitrogens is 1. The zero-order valence-corrected chi connectivity index (χ0v) is 8.94. The van der Waals surface area contributed by atoms with Gasteiger partial charge >= 0.3 is 0 Å². The monoisotopic (exact) mass is 181 g/mol. The van der Waals surface area contributed by atoms with Gasteiger partial charge in [-0.1, -0.05) is 20.8 Å². The van der Waals surface area contributed by atoms with Crippen LogP contribution in [0.2, 0.25) is 0 Å². The van der Waals surface area contributed by atoms with E-state index in [4.69, 9.17) is 5.73 Å². The molecule has 0 fully saturated rings. The lowest BCUT2D eigenvalue weighted by atomic mass is 9.96. The molecular formula is C10H19N3. The first-order valence-electron chi connectivity index (χ1n) is 4.71. The number of rotatable bonds is 2. The Morgan fingerprint density at radius 3 is 2.38 bits per heavy atom. The van der Waals surface area contributed by atoms with Crippen LogP contribution < -0.4 is 5.73 Å². The standard InChI is InChI=1S/C10H19N3/c1-7-8(5-6-11)13-9(12-7)10(2,3)4/h5-6,11H2,1-4H3,(H,12,13). The van der Waals surface area contributed by atoms with Gasteiger partial charge in [-0.25, -0.2) is 4.98 Å². The number of nitrogens with zero attached hydrogens (tertiary/aromatic N) is 1. The fraction of sp³-hybridized carbons (Fsp3) is 0.700. The molecule has 0 aliphatic heterocycles. The van der Waals surface area contributed by atoms with Gasteiger partial charge in [-0.05, 0) is 13.5 Å². The summed E-state index contributed by atoms with van der Waals surface area (Å²) in [6.45, 7) is 9.16. The van der Waals surface area contributed by atoms with Crippen molar-refractivity contribution in [3.8, 4) is 0 Å². The predicted molar refractivity (Wildman–Crippen MR) is 54.8 cm³/mol. The first-order chi connectivity index (χ1) is 5.95. The van der Waals surface area contributed by atoms with E-state index in [-0.39, 0.29) is 5.41 Å². The third-order valence-electron chi connectivity index (χ3n) is 2.08. The minimum absolute atomic E-state index is 0.0948. The number of hydrogen-bond acceptors (Lipinski definition) is 2. The van der Waals surface area contributed by atoms with Crippen molar-refractivity contribution in [2.45, 2.75) is 39.5 Å². The Morgan fingerprint density at radius 1 is 1.38 bits per heavy atom. The first kappa shape index (κ1) is 10.3. The quantitative estimate of drug-likeness (QED) is 0.726. The second-order valence-electron chi connectivity index (χ2n) is 4.45. The molecule has 1 rings (SSSR count). The van der Waals surface area contributed by atoms with Gasteiger partial charge in [-0.2, -0.15) is 0 Å². The highest BCUT2D eigenvalue weighted by atomic mass is 14.9. The van der Waals surface area contributed by atoms with Gasteiger partial charge in [-0.3, -0.25) is 0 Å². The van der Waals surface area contributed by atoms with Gasteiger partial charge in [0.05, 0.1) is 5.69 Å². The molecule has 0 saturated heterocycles. The summed E-state index contributed by atoms with van der Waals surface area (Å²) >= 11 is 0. The van der Waals surface area contributed by atoms with Gasteiger partial charge in [0.2, 0.25) is 0 Å². The summed E-state index contributed by atoms with van der Waals surface area (Å²) in [5.74, 6) is 1.05. The molecule has 1 aromatic heterocycles. The molecule has 0 aromatic carbocycles. The Labute approximate surface area is 79.8 Å². The molecule has 0 saturated carbocycles. The molecule has 1 aromatic rings. The second kappa shape index (κ2) is 3.50. The third-order valence-corrected chi connectivity index (χ3v) is 2.08. The van der Waals surface area contributed by atoms with Gasteiger partial charge in [0.25, 0.3) is 0 Å². The van der Waals surface area contributed by atoms with Crippen LogP contribution in [-0.4, -0.2) is 16.5 Å². The SMILES string of the molecule is Cc1[nH]c(C(C)(C)C)nc1CCN. The van der Waals surface area contributed by atoms with Crippen molar-refractivity contribution in [3.05, 3.63) is 17.2 Å². The molecule has 0 radical (unpaired) electrons. The molecule has 0 unspecified atom stereocenters. The zero-order valence-electron chi connectivity index (χ0n) is 8.94. The minimum atomic E-state index is 0.0948. The molecule has 0 bridgehead atoms. The van der Waals surface area contributed by atoms with E-state index >= 15 is 0 Å². The Hall–Kier alpha value is -0.830. The van der Waals surface area contributed by atoms with E-state index in [1.807, 2.05) is 6.92 Å². The summed E-state index contributed by atoms with van der Waals surface area (Å²) in [6, 6.07) is 0. The lowest BCUT2D eigenvalue weighted by Crippen LogP contribution is -2.13. The van der Waals surface area contributed by atoms with Crippen molar-refractivity contribution >= 4 is 0 Å². The minimum Gasteiger partial charge on any atom is -0.345 e. The van der Waals surface area contributed by atoms with E-state index < -0.39 is 0 Å². The molecule has 3 N–H and O–H groups in total. The van der Waals surface area contributed by atoms with Crippen LogP contribution >= 0.6 is 0 Å². The van der Waals surface area contributed by atoms with Crippen LogP contribution in [0.4, 0.5) is 0 Å². The lowest BCUT2D eigenvalue weighted by molar-refractivity contribution is 0.550. The topological polar surface area (TPSA) is 54.7 Å². The van der Waals surface area contributed by atoms with Crippen LogP contribution in [0.15, 0.2) is 0 Å². The predicted octanol–water partition coefficient (Wildman–Crippen LogP) is 1.52. The summed E-state index contributed by atoms with van der Waals surface area (Å²) < 4.78 is 0. The molecule has 1 heterocycles. The van der Waals surface area contributed by atoms with Crippen molar-refractivity contribution in [1.29, 1.82) is 0 Å². The third kappa shape index (κ3) is 2.31. The molecule has 0 spiro atoms. The zero-order chi connectivity index (χ0) is 10.1. The van der Waals surface area contributed by atoms with Gasteiger partial charge < -0.3 is 10.7 Å². The van der Waals surface area contributed by atoms with Crippen molar-refractivity contribution in [3.63, 3.8) is 0 Å². The van der Waals surface area contributed by atoms with E-state index in [9.17, 15) is 0 Å². The van der Waals surface area contributed by atoms with Crippen LogP contribution in [0.5, 0.6) is 0 Å². The number of nitrogens with one attached hydrogen (secondary N) is 1. The summed E-state index contributed by atoms with van der Waals surface area (Å²) in [4.78, 5) is 7.84. The lowest BCUT2D eigenvalue weighted by Gasteiger charge is -2.13. The van der Waals surface area contributed by atoms with Crippen LogP contribution in [0, 0.1) is 6.92 Å². The van der Waals surface area contributed by atoms with Crippen molar-refractivity contribution in [1.82, 2.24) is 9.97 Å². The molecule has 0 atom stereocenters. The number of hydrogen-bond donors (Lipinski definition) is 2. The fourth-order valence-electron chi connectivity index (χ4n) is 1.23. The molecular weight excluding hydrogens is 162 g/mol. The van der Waals surface area contributed by atoms with Gasteiger partial charge in [0, 0.05) is 17.5 Å². The Kier molecular flexibility index (Phi) is 2.76. The maximum Gasteiger partial charge on any atom is 0.111 e. The van der Waals surface area contributed by atoms with Crippen LogP contribution in [-0.2, 0) is 11.8 Å². The van der Waals surface area contributed by atoms with E-state index in [0.29, 0.717) is 6.54 Å². The average molecular weight is 181 g/mol. The normalized spacial score (nSPS) is 12.1. The van der Waals surface area contributed by atoms with Gasteiger partial charge in [0.1, 0.15) is 5.82 Å². The maximum absolute atomic E-state index is 5.49. The summed E-state index contributed by atoms with van der Waals surface area (Å²) in [5.41, 5.74) is 7.84. The highest BCUT2D eigenvalue weighted by Crippen LogP contribution is 2.20. The molecule has 0 amide bonds. The van der Waals surface area contributed by atoms with E-state index in [0.717, 1.165) is 23.6 Å². The Bertz CT molecular complexity index is 281. The first-order valence-corrected chi connectivity index (χ1v) is 4.71. The Balaban J connectivity index is 2.95. The summed E-state index contributed by atoms with van der Waals surface area (Å²) in [7, 11) is 0. The van der Waals surface area contributed by atoms with Crippen molar-refractivity contribution in [2.24, 2.45) is 5.73 Å². The largest absolute Gasteiger partial charge is 0.345 e. The number of aryl methyl sites for hydroxylation is 1. The van der Waals surface area contributed by atoms with Crippen LogP contribution in [0.25, 0.3) is 0 Å². The smallest absolute Gasteiger partial charge is 0.111 e. The van der Waals surface area contributed by atoms with Crippen molar-refractivity contribution < 1.29 is 0 Å². The number of imidazole rings is 1. The van der Waals surface area contributed by atoms with Crippen LogP contribution in [0.3, 0.4) is 0 Å². The highest BCUT2D eigenvalue weighted by Gasteiger charge is 2.18. The molecule has 0 aliphatic rings. The molecule has 3 nitrogen and oxygen atoms in total. The molecule has 74 valence electrons. The van der Waals surface area contributed by atoms with Crippen LogP contribution in [0.1, 0.15) is 38.0 Å². The number of aromatic amines is 1. The number of aromatic nitrogens is 2. The van der Waals surface area contributed by atoms with E-state index in [2.05, 4.69) is 30.7 Å².